The third-order valence-corrected chi connectivity index (χ3v) is 5.48. The molecule has 0 bridgehead atoms. The summed E-state index contributed by atoms with van der Waals surface area (Å²) in [5.74, 6) is 1.39. The SMILES string of the molecule is C[C@H](c1cccs1)N(C)C(=O)C[C@@H]1CCOc2ccccc21. The molecule has 4 heteroatoms. The van der Waals surface area contributed by atoms with Crippen molar-refractivity contribution in [3.05, 3.63) is 52.2 Å². The maximum atomic E-state index is 12.6. The van der Waals surface area contributed by atoms with Crippen molar-refractivity contribution in [1.29, 1.82) is 0 Å². The number of hydrogen-bond donors (Lipinski definition) is 0. The average Bonchev–Trinajstić information content (AvgIpc) is 3.08. The van der Waals surface area contributed by atoms with Gasteiger partial charge in [-0.25, -0.2) is 0 Å². The molecule has 2 atom stereocenters. The summed E-state index contributed by atoms with van der Waals surface area (Å²) in [5.41, 5.74) is 1.17. The van der Waals surface area contributed by atoms with Gasteiger partial charge in [0, 0.05) is 18.3 Å². The van der Waals surface area contributed by atoms with Crippen molar-refractivity contribution < 1.29 is 9.53 Å². The zero-order valence-electron chi connectivity index (χ0n) is 13.0. The molecular weight excluding hydrogens is 294 g/mol. The van der Waals surface area contributed by atoms with Crippen LogP contribution in [0.2, 0.25) is 0 Å². The van der Waals surface area contributed by atoms with Gasteiger partial charge >= 0.3 is 0 Å². The van der Waals surface area contributed by atoms with Crippen LogP contribution < -0.4 is 4.74 Å². The van der Waals surface area contributed by atoms with Gasteiger partial charge < -0.3 is 9.64 Å². The molecule has 1 aliphatic heterocycles. The topological polar surface area (TPSA) is 29.5 Å². The third-order valence-electron chi connectivity index (χ3n) is 4.43. The molecular formula is C18H21NO2S. The standard InChI is InChI=1S/C18H21NO2S/c1-13(17-8-5-11-22-17)19(2)18(20)12-14-9-10-21-16-7-4-3-6-15(14)16/h3-8,11,13-14H,9-10,12H2,1-2H3/t13-,14+/m1/s1. The van der Waals surface area contributed by atoms with Crippen LogP contribution in [-0.4, -0.2) is 24.5 Å². The molecule has 22 heavy (non-hydrogen) atoms. The first-order valence-corrected chi connectivity index (χ1v) is 8.55. The summed E-state index contributed by atoms with van der Waals surface area (Å²) in [6.07, 6.45) is 1.45. The number of ether oxygens (including phenoxy) is 1. The van der Waals surface area contributed by atoms with Crippen LogP contribution in [0.25, 0.3) is 0 Å². The smallest absolute Gasteiger partial charge is 0.223 e. The second-order valence-electron chi connectivity index (χ2n) is 5.77. The van der Waals surface area contributed by atoms with Crippen molar-refractivity contribution in [2.45, 2.75) is 31.7 Å². The zero-order valence-corrected chi connectivity index (χ0v) is 13.8. The normalized spacial score (nSPS) is 18.2. The Balaban J connectivity index is 1.70. The molecule has 0 unspecified atom stereocenters. The maximum Gasteiger partial charge on any atom is 0.223 e. The van der Waals surface area contributed by atoms with E-state index in [0.717, 1.165) is 12.2 Å². The van der Waals surface area contributed by atoms with Gasteiger partial charge in [-0.15, -0.1) is 11.3 Å². The molecule has 2 heterocycles. The first-order chi connectivity index (χ1) is 10.7. The largest absolute Gasteiger partial charge is 0.493 e. The second-order valence-corrected chi connectivity index (χ2v) is 6.75. The van der Waals surface area contributed by atoms with Gasteiger partial charge in [-0.3, -0.25) is 4.79 Å². The summed E-state index contributed by atoms with van der Waals surface area (Å²) in [5, 5.41) is 2.05. The lowest BCUT2D eigenvalue weighted by atomic mass is 9.90. The van der Waals surface area contributed by atoms with Gasteiger partial charge in [0.2, 0.25) is 5.91 Å². The Morgan fingerprint density at radius 2 is 2.18 bits per heavy atom. The van der Waals surface area contributed by atoms with E-state index >= 15 is 0 Å². The van der Waals surface area contributed by atoms with Gasteiger partial charge in [0.05, 0.1) is 12.6 Å². The van der Waals surface area contributed by atoms with Gasteiger partial charge in [0.1, 0.15) is 5.75 Å². The van der Waals surface area contributed by atoms with E-state index < -0.39 is 0 Å². The average molecular weight is 315 g/mol. The first kappa shape index (κ1) is 15.1. The zero-order chi connectivity index (χ0) is 15.5. The number of rotatable bonds is 4. The van der Waals surface area contributed by atoms with Crippen LogP contribution in [0.4, 0.5) is 0 Å². The summed E-state index contributed by atoms with van der Waals surface area (Å²) in [6, 6.07) is 12.3. The number of thiophene rings is 1. The molecule has 1 aromatic carbocycles. The minimum atomic E-state index is 0.127. The van der Waals surface area contributed by atoms with E-state index in [1.807, 2.05) is 36.2 Å². The van der Waals surface area contributed by atoms with E-state index in [2.05, 4.69) is 24.4 Å². The van der Waals surface area contributed by atoms with Crippen LogP contribution in [-0.2, 0) is 4.79 Å². The molecule has 0 radical (unpaired) electrons. The molecule has 3 rings (SSSR count). The number of benzene rings is 1. The highest BCUT2D eigenvalue weighted by Crippen LogP contribution is 2.36. The fraction of sp³-hybridized carbons (Fsp3) is 0.389. The third kappa shape index (κ3) is 3.02. The van der Waals surface area contributed by atoms with Crippen LogP contribution >= 0.6 is 11.3 Å². The first-order valence-electron chi connectivity index (χ1n) is 7.67. The quantitative estimate of drug-likeness (QED) is 0.845. The predicted molar refractivity (Wildman–Crippen MR) is 89.4 cm³/mol. The molecule has 0 saturated carbocycles. The van der Waals surface area contributed by atoms with Crippen molar-refractivity contribution >= 4 is 17.2 Å². The van der Waals surface area contributed by atoms with Crippen LogP contribution in [0.15, 0.2) is 41.8 Å². The molecule has 1 aromatic heterocycles. The number of nitrogens with zero attached hydrogens (tertiary/aromatic N) is 1. The van der Waals surface area contributed by atoms with E-state index in [4.69, 9.17) is 4.74 Å². The fourth-order valence-corrected chi connectivity index (χ4v) is 3.74. The summed E-state index contributed by atoms with van der Waals surface area (Å²) < 4.78 is 5.68. The highest BCUT2D eigenvalue weighted by molar-refractivity contribution is 7.10. The molecule has 0 saturated heterocycles. The maximum absolute atomic E-state index is 12.6. The molecule has 1 aliphatic rings. The van der Waals surface area contributed by atoms with Gasteiger partial charge in [-0.1, -0.05) is 24.3 Å². The van der Waals surface area contributed by atoms with Crippen LogP contribution in [0.5, 0.6) is 5.75 Å². The molecule has 0 fully saturated rings. The number of carbonyl (C=O) groups is 1. The summed E-state index contributed by atoms with van der Waals surface area (Å²) in [4.78, 5) is 15.7. The highest BCUT2D eigenvalue weighted by Gasteiger charge is 2.26. The molecule has 1 amide bonds. The Labute approximate surface area is 135 Å². The van der Waals surface area contributed by atoms with E-state index in [1.54, 1.807) is 11.3 Å². The Morgan fingerprint density at radius 3 is 2.95 bits per heavy atom. The van der Waals surface area contributed by atoms with Gasteiger partial charge in [0.15, 0.2) is 0 Å². The lowest BCUT2D eigenvalue weighted by Crippen LogP contribution is -2.31. The molecule has 2 aromatic rings. The Hall–Kier alpha value is -1.81. The molecule has 0 spiro atoms. The number of para-hydroxylation sites is 1. The van der Waals surface area contributed by atoms with Crippen LogP contribution in [0, 0.1) is 0 Å². The summed E-state index contributed by atoms with van der Waals surface area (Å²) >= 11 is 1.70. The molecule has 116 valence electrons. The number of fused-ring (bicyclic) bond motifs is 1. The van der Waals surface area contributed by atoms with Crippen molar-refractivity contribution in [3.63, 3.8) is 0 Å². The Kier molecular flexibility index (Phi) is 4.48. The minimum absolute atomic E-state index is 0.127. The van der Waals surface area contributed by atoms with E-state index in [1.165, 1.54) is 10.4 Å². The van der Waals surface area contributed by atoms with Gasteiger partial charge in [-0.2, -0.15) is 0 Å². The summed E-state index contributed by atoms with van der Waals surface area (Å²) in [6.45, 7) is 2.78. The van der Waals surface area contributed by atoms with E-state index in [9.17, 15) is 4.79 Å². The van der Waals surface area contributed by atoms with Crippen LogP contribution in [0.3, 0.4) is 0 Å². The number of hydrogen-bond acceptors (Lipinski definition) is 3. The lowest BCUT2D eigenvalue weighted by molar-refractivity contribution is -0.132. The summed E-state index contributed by atoms with van der Waals surface area (Å²) in [7, 11) is 1.90. The molecule has 0 aliphatic carbocycles. The lowest BCUT2D eigenvalue weighted by Gasteiger charge is -2.29. The minimum Gasteiger partial charge on any atom is -0.493 e. The van der Waals surface area contributed by atoms with E-state index in [0.29, 0.717) is 13.0 Å². The van der Waals surface area contributed by atoms with E-state index in [-0.39, 0.29) is 17.9 Å². The number of amides is 1. The van der Waals surface area contributed by atoms with Crippen molar-refractivity contribution in [1.82, 2.24) is 4.90 Å². The number of carbonyl (C=O) groups excluding carboxylic acids is 1. The van der Waals surface area contributed by atoms with Crippen LogP contribution in [0.1, 0.15) is 42.2 Å². The van der Waals surface area contributed by atoms with Crippen molar-refractivity contribution in [2.75, 3.05) is 13.7 Å². The Bertz CT molecular complexity index is 638. The Morgan fingerprint density at radius 1 is 1.36 bits per heavy atom. The predicted octanol–water partition coefficient (Wildman–Crippen LogP) is 4.22. The fourth-order valence-electron chi connectivity index (χ4n) is 2.92. The van der Waals surface area contributed by atoms with Gasteiger partial charge in [0.25, 0.3) is 0 Å². The monoisotopic (exact) mass is 315 g/mol. The molecule has 0 N–H and O–H groups in total. The molecule has 3 nitrogen and oxygen atoms in total. The highest BCUT2D eigenvalue weighted by atomic mass is 32.1. The van der Waals surface area contributed by atoms with Gasteiger partial charge in [-0.05, 0) is 42.3 Å². The van der Waals surface area contributed by atoms with Crippen molar-refractivity contribution in [3.8, 4) is 5.75 Å². The van der Waals surface area contributed by atoms with Crippen molar-refractivity contribution in [2.24, 2.45) is 0 Å². The second kappa shape index (κ2) is 6.53.